The first kappa shape index (κ1) is 13.0. The average molecular weight is 262 g/mol. The molecule has 0 unspecified atom stereocenters. The van der Waals surface area contributed by atoms with Crippen molar-refractivity contribution < 1.29 is 9.18 Å². The minimum Gasteiger partial charge on any atom is -0.293 e. The minimum absolute atomic E-state index is 0.00538. The molecule has 0 radical (unpaired) electrons. The van der Waals surface area contributed by atoms with Crippen LogP contribution in [0.3, 0.4) is 0 Å². The van der Waals surface area contributed by atoms with Crippen molar-refractivity contribution in [2.45, 2.75) is 20.8 Å². The summed E-state index contributed by atoms with van der Waals surface area (Å²) in [5.74, 6) is -0.0666. The summed E-state index contributed by atoms with van der Waals surface area (Å²) in [5, 5.41) is 0. The molecule has 1 heterocycles. The molecule has 0 aliphatic heterocycles. The van der Waals surface area contributed by atoms with Gasteiger partial charge in [-0.3, -0.25) is 4.79 Å². The molecular formula is C15H15FOS. The first-order valence-corrected chi connectivity index (χ1v) is 6.71. The van der Waals surface area contributed by atoms with Gasteiger partial charge >= 0.3 is 0 Å². The van der Waals surface area contributed by atoms with Crippen molar-refractivity contribution in [2.75, 3.05) is 0 Å². The summed E-state index contributed by atoms with van der Waals surface area (Å²) in [6.45, 7) is 5.66. The third kappa shape index (κ3) is 2.51. The van der Waals surface area contributed by atoms with Gasteiger partial charge in [0.15, 0.2) is 5.78 Å². The molecule has 2 rings (SSSR count). The Morgan fingerprint density at radius 3 is 2.56 bits per heavy atom. The van der Waals surface area contributed by atoms with Crippen LogP contribution in [0.1, 0.15) is 29.1 Å². The molecule has 0 fully saturated rings. The fraction of sp³-hybridized carbons (Fsp3) is 0.267. The summed E-state index contributed by atoms with van der Waals surface area (Å²) < 4.78 is 13.1. The number of halogens is 1. The second-order valence-corrected chi connectivity index (χ2v) is 5.73. The molecule has 0 aliphatic carbocycles. The molecule has 0 saturated carbocycles. The van der Waals surface area contributed by atoms with Crippen molar-refractivity contribution in [1.29, 1.82) is 0 Å². The third-order valence-electron chi connectivity index (χ3n) is 2.83. The van der Waals surface area contributed by atoms with Gasteiger partial charge in [0.25, 0.3) is 0 Å². The van der Waals surface area contributed by atoms with Gasteiger partial charge in [-0.05, 0) is 42.3 Å². The van der Waals surface area contributed by atoms with Gasteiger partial charge in [0.2, 0.25) is 0 Å². The number of rotatable bonds is 3. The zero-order valence-corrected chi connectivity index (χ0v) is 11.5. The zero-order valence-electron chi connectivity index (χ0n) is 10.7. The number of aryl methyl sites for hydroxylation is 1. The van der Waals surface area contributed by atoms with Gasteiger partial charge in [-0.2, -0.15) is 0 Å². The van der Waals surface area contributed by atoms with Crippen LogP contribution < -0.4 is 0 Å². The number of benzene rings is 1. The van der Waals surface area contributed by atoms with Crippen LogP contribution in [0.25, 0.3) is 10.4 Å². The highest BCUT2D eigenvalue weighted by atomic mass is 32.1. The number of hydrogen-bond acceptors (Lipinski definition) is 2. The summed E-state index contributed by atoms with van der Waals surface area (Å²) in [6.07, 6.45) is 0. The Balaban J connectivity index is 2.38. The molecular weight excluding hydrogens is 247 g/mol. The first-order chi connectivity index (χ1) is 8.49. The van der Waals surface area contributed by atoms with Crippen LogP contribution in [0.4, 0.5) is 4.39 Å². The maximum Gasteiger partial charge on any atom is 0.175 e. The molecule has 0 saturated heterocycles. The Bertz CT molecular complexity index is 584. The molecule has 0 aliphatic rings. The molecule has 0 bridgehead atoms. The van der Waals surface area contributed by atoms with Crippen molar-refractivity contribution in [3.05, 3.63) is 46.6 Å². The molecule has 18 heavy (non-hydrogen) atoms. The van der Waals surface area contributed by atoms with Gasteiger partial charge in [0.05, 0.1) is 4.88 Å². The molecule has 3 heteroatoms. The van der Waals surface area contributed by atoms with Crippen molar-refractivity contribution in [3.63, 3.8) is 0 Å². The molecule has 1 aromatic heterocycles. The van der Waals surface area contributed by atoms with Gasteiger partial charge in [0.1, 0.15) is 5.82 Å². The topological polar surface area (TPSA) is 17.1 Å². The number of carbonyl (C=O) groups is 1. The summed E-state index contributed by atoms with van der Waals surface area (Å²) in [6, 6.07) is 8.51. The van der Waals surface area contributed by atoms with Gasteiger partial charge in [-0.25, -0.2) is 4.39 Å². The Hall–Kier alpha value is -1.48. The number of hydrogen-bond donors (Lipinski definition) is 0. The van der Waals surface area contributed by atoms with Crippen LogP contribution in [0.2, 0.25) is 0 Å². The van der Waals surface area contributed by atoms with Crippen LogP contribution in [-0.2, 0) is 0 Å². The van der Waals surface area contributed by atoms with Crippen LogP contribution in [-0.4, -0.2) is 5.78 Å². The normalized spacial score (nSPS) is 10.9. The lowest BCUT2D eigenvalue weighted by molar-refractivity contribution is 0.0943. The van der Waals surface area contributed by atoms with Crippen molar-refractivity contribution in [1.82, 2.24) is 0 Å². The van der Waals surface area contributed by atoms with Gasteiger partial charge in [-0.1, -0.05) is 19.9 Å². The standard InChI is InChI=1S/C15H15FOS/c1-9(2)15(17)14-7-6-13(18-14)12-5-4-11(16)8-10(12)3/h4-9H,1-3H3. The van der Waals surface area contributed by atoms with Crippen molar-refractivity contribution in [2.24, 2.45) is 5.92 Å². The van der Waals surface area contributed by atoms with E-state index in [0.29, 0.717) is 0 Å². The van der Waals surface area contributed by atoms with E-state index in [4.69, 9.17) is 0 Å². The Morgan fingerprint density at radius 2 is 1.94 bits per heavy atom. The van der Waals surface area contributed by atoms with E-state index in [1.165, 1.54) is 23.5 Å². The van der Waals surface area contributed by atoms with Gasteiger partial charge in [0, 0.05) is 10.8 Å². The van der Waals surface area contributed by atoms with Crippen LogP contribution >= 0.6 is 11.3 Å². The molecule has 2 aromatic rings. The van der Waals surface area contributed by atoms with Crippen LogP contribution in [0.15, 0.2) is 30.3 Å². The molecule has 94 valence electrons. The fourth-order valence-electron chi connectivity index (χ4n) is 1.80. The second-order valence-electron chi connectivity index (χ2n) is 4.64. The zero-order chi connectivity index (χ0) is 13.3. The number of ketones is 1. The lowest BCUT2D eigenvalue weighted by Crippen LogP contribution is -2.04. The average Bonchev–Trinajstić information content (AvgIpc) is 2.77. The SMILES string of the molecule is Cc1cc(F)ccc1-c1ccc(C(=O)C(C)C)s1. The fourth-order valence-corrected chi connectivity index (χ4v) is 2.99. The summed E-state index contributed by atoms with van der Waals surface area (Å²) in [5.41, 5.74) is 1.88. The monoisotopic (exact) mass is 262 g/mol. The Labute approximate surface area is 110 Å². The third-order valence-corrected chi connectivity index (χ3v) is 3.96. The molecule has 1 aromatic carbocycles. The molecule has 1 nitrogen and oxygen atoms in total. The van der Waals surface area contributed by atoms with E-state index >= 15 is 0 Å². The maximum absolute atomic E-state index is 13.1. The van der Waals surface area contributed by atoms with Gasteiger partial charge in [-0.15, -0.1) is 11.3 Å². The lowest BCUT2D eigenvalue weighted by Gasteiger charge is -2.03. The lowest BCUT2D eigenvalue weighted by atomic mass is 10.1. The predicted molar refractivity (Wildman–Crippen MR) is 73.6 cm³/mol. The smallest absolute Gasteiger partial charge is 0.175 e. The number of thiophene rings is 1. The molecule has 0 atom stereocenters. The van der Waals surface area contributed by atoms with Crippen molar-refractivity contribution in [3.8, 4) is 10.4 Å². The van der Waals surface area contributed by atoms with E-state index in [2.05, 4.69) is 0 Å². The predicted octanol–water partition coefficient (Wildman–Crippen LogP) is 4.70. The second kappa shape index (κ2) is 5.02. The Morgan fingerprint density at radius 1 is 1.22 bits per heavy atom. The molecule has 0 N–H and O–H groups in total. The largest absolute Gasteiger partial charge is 0.293 e. The van der Waals surface area contributed by atoms with E-state index in [0.717, 1.165) is 20.9 Å². The van der Waals surface area contributed by atoms with E-state index in [1.54, 1.807) is 6.07 Å². The highest BCUT2D eigenvalue weighted by molar-refractivity contribution is 7.17. The highest BCUT2D eigenvalue weighted by Gasteiger charge is 2.14. The minimum atomic E-state index is -0.230. The summed E-state index contributed by atoms with van der Waals surface area (Å²) in [7, 11) is 0. The maximum atomic E-state index is 13.1. The van der Waals surface area contributed by atoms with Crippen molar-refractivity contribution >= 4 is 17.1 Å². The molecule has 0 spiro atoms. The Kier molecular flexibility index (Phi) is 3.62. The van der Waals surface area contributed by atoms with Crippen LogP contribution in [0.5, 0.6) is 0 Å². The summed E-state index contributed by atoms with van der Waals surface area (Å²) >= 11 is 1.47. The highest BCUT2D eigenvalue weighted by Crippen LogP contribution is 2.31. The quantitative estimate of drug-likeness (QED) is 0.733. The summed E-state index contributed by atoms with van der Waals surface area (Å²) in [4.78, 5) is 13.7. The van der Waals surface area contributed by atoms with E-state index in [9.17, 15) is 9.18 Å². The van der Waals surface area contributed by atoms with E-state index in [1.807, 2.05) is 32.9 Å². The number of Topliss-reactive ketones (excluding diaryl/α,β-unsaturated/α-hetero) is 1. The van der Waals surface area contributed by atoms with E-state index in [-0.39, 0.29) is 17.5 Å². The van der Waals surface area contributed by atoms with Gasteiger partial charge < -0.3 is 0 Å². The first-order valence-electron chi connectivity index (χ1n) is 5.89. The van der Waals surface area contributed by atoms with E-state index < -0.39 is 0 Å². The van der Waals surface area contributed by atoms with Crippen LogP contribution in [0, 0.1) is 18.7 Å². The number of carbonyl (C=O) groups excluding carboxylic acids is 1. The molecule has 0 amide bonds.